The molecule has 8 nitrogen and oxygen atoms in total. The summed E-state index contributed by atoms with van der Waals surface area (Å²) in [6.07, 6.45) is 9.04. The molecular formula is C32H30N8. The maximum Gasteiger partial charge on any atom is 0.0921 e. The first kappa shape index (κ1) is 24.4. The summed E-state index contributed by atoms with van der Waals surface area (Å²) in [5.41, 5.74) is 8.73. The Morgan fingerprint density at radius 1 is 0.575 bits per heavy atom. The number of rotatable bonds is 10. The smallest absolute Gasteiger partial charge is 0.0921 e. The van der Waals surface area contributed by atoms with E-state index in [1.54, 1.807) is 12.7 Å². The lowest BCUT2D eigenvalue weighted by Crippen LogP contribution is -2.16. The van der Waals surface area contributed by atoms with Crippen molar-refractivity contribution in [3.05, 3.63) is 108 Å². The quantitative estimate of drug-likeness (QED) is 0.111. The van der Waals surface area contributed by atoms with Gasteiger partial charge in [-0.15, -0.1) is 0 Å². The fourth-order valence-corrected chi connectivity index (χ4v) is 5.29. The molecule has 40 heavy (non-hydrogen) atoms. The first-order valence-corrected chi connectivity index (χ1v) is 13.7. The summed E-state index contributed by atoms with van der Waals surface area (Å²) < 4.78 is 0. The zero-order chi connectivity index (χ0) is 26.7. The number of pyridine rings is 2. The second kappa shape index (κ2) is 10.8. The van der Waals surface area contributed by atoms with Crippen LogP contribution in [0.3, 0.4) is 0 Å². The summed E-state index contributed by atoms with van der Waals surface area (Å²) in [5, 5.41) is 11.5. The number of nitrogens with one attached hydrogen (secondary N) is 4. The SMILES string of the molecule is c1ncc(CCNCc2ccc3nc4ccc5cc6cc(CNCCc7cnc[nH]7)ccc6nc5c4cc3c2)[nH]1. The molecule has 0 saturated carbocycles. The maximum absolute atomic E-state index is 5.10. The second-order valence-electron chi connectivity index (χ2n) is 10.2. The van der Waals surface area contributed by atoms with Gasteiger partial charge in [0.2, 0.25) is 0 Å². The molecule has 0 radical (unpaired) electrons. The van der Waals surface area contributed by atoms with E-state index in [2.05, 4.69) is 91.2 Å². The molecule has 8 heteroatoms. The van der Waals surface area contributed by atoms with E-state index in [1.165, 1.54) is 11.1 Å². The molecule has 4 N–H and O–H groups in total. The number of hydrogen-bond acceptors (Lipinski definition) is 6. The predicted molar refractivity (Wildman–Crippen MR) is 160 cm³/mol. The van der Waals surface area contributed by atoms with Crippen LogP contribution in [-0.4, -0.2) is 43.0 Å². The van der Waals surface area contributed by atoms with Crippen LogP contribution in [0, 0.1) is 0 Å². The molecule has 4 aromatic heterocycles. The van der Waals surface area contributed by atoms with Crippen LogP contribution in [0.2, 0.25) is 0 Å². The standard InChI is InChI=1S/C32H30N8/c1-4-29-25(12-22(1)16-34-10-8-27-18-36-20-38-27)14-28-31(39-29)6-3-23-13-24-11-21(2-5-30(24)40-32(23)28)15-33-9-7-26-17-35-19-37-26/h1-6,11-14,17-20,33-34H,7-10,15-16H2,(H,35,37)(H,36,38). The van der Waals surface area contributed by atoms with Crippen molar-refractivity contribution in [3.8, 4) is 0 Å². The van der Waals surface area contributed by atoms with Crippen LogP contribution in [0.4, 0.5) is 0 Å². The average Bonchev–Trinajstić information content (AvgIpc) is 3.70. The highest BCUT2D eigenvalue weighted by molar-refractivity contribution is 6.10. The van der Waals surface area contributed by atoms with Crippen LogP contribution in [0.5, 0.6) is 0 Å². The monoisotopic (exact) mass is 526 g/mol. The van der Waals surface area contributed by atoms with Crippen LogP contribution >= 0.6 is 0 Å². The molecule has 0 atom stereocenters. The Morgan fingerprint density at radius 3 is 1.80 bits per heavy atom. The topological polar surface area (TPSA) is 107 Å². The number of imidazole rings is 2. The molecule has 4 heterocycles. The number of H-pyrrole nitrogens is 2. The van der Waals surface area contributed by atoms with E-state index in [0.29, 0.717) is 0 Å². The van der Waals surface area contributed by atoms with Crippen molar-refractivity contribution in [2.45, 2.75) is 25.9 Å². The molecule has 7 aromatic rings. The second-order valence-corrected chi connectivity index (χ2v) is 10.2. The van der Waals surface area contributed by atoms with Gasteiger partial charge in [0.15, 0.2) is 0 Å². The van der Waals surface area contributed by atoms with E-state index < -0.39 is 0 Å². The van der Waals surface area contributed by atoms with Crippen LogP contribution in [0.1, 0.15) is 22.5 Å². The minimum Gasteiger partial charge on any atom is -0.348 e. The van der Waals surface area contributed by atoms with Crippen LogP contribution < -0.4 is 10.6 Å². The molecule has 0 aliphatic heterocycles. The highest BCUT2D eigenvalue weighted by Crippen LogP contribution is 2.29. The third-order valence-corrected chi connectivity index (χ3v) is 7.40. The van der Waals surface area contributed by atoms with E-state index in [1.807, 2.05) is 12.4 Å². The molecule has 0 saturated heterocycles. The Balaban J connectivity index is 1.12. The van der Waals surface area contributed by atoms with Gasteiger partial charge >= 0.3 is 0 Å². The Morgan fingerprint density at radius 2 is 1.18 bits per heavy atom. The van der Waals surface area contributed by atoms with Gasteiger partial charge in [0, 0.05) is 84.3 Å². The van der Waals surface area contributed by atoms with E-state index >= 15 is 0 Å². The molecule has 198 valence electrons. The average molecular weight is 527 g/mol. The van der Waals surface area contributed by atoms with E-state index in [4.69, 9.17) is 9.97 Å². The number of nitrogens with zero attached hydrogens (tertiary/aromatic N) is 4. The van der Waals surface area contributed by atoms with Crippen molar-refractivity contribution in [2.75, 3.05) is 13.1 Å². The first-order chi connectivity index (χ1) is 19.8. The summed E-state index contributed by atoms with van der Waals surface area (Å²) in [6, 6.07) is 21.8. The van der Waals surface area contributed by atoms with Crippen LogP contribution in [-0.2, 0) is 25.9 Å². The number of benzene rings is 3. The minimum atomic E-state index is 0.806. The van der Waals surface area contributed by atoms with Gasteiger partial charge < -0.3 is 20.6 Å². The third kappa shape index (κ3) is 5.14. The van der Waals surface area contributed by atoms with Gasteiger partial charge in [-0.05, 0) is 53.6 Å². The molecule has 0 fully saturated rings. The van der Waals surface area contributed by atoms with Crippen molar-refractivity contribution in [3.63, 3.8) is 0 Å². The van der Waals surface area contributed by atoms with Gasteiger partial charge in [0.1, 0.15) is 0 Å². The van der Waals surface area contributed by atoms with Crippen molar-refractivity contribution in [2.24, 2.45) is 0 Å². The molecule has 0 aliphatic carbocycles. The normalized spacial score (nSPS) is 11.8. The molecule has 0 bridgehead atoms. The van der Waals surface area contributed by atoms with E-state index in [-0.39, 0.29) is 0 Å². The summed E-state index contributed by atoms with van der Waals surface area (Å²) in [4.78, 5) is 24.5. The molecular weight excluding hydrogens is 496 g/mol. The third-order valence-electron chi connectivity index (χ3n) is 7.40. The molecule has 7 rings (SSSR count). The molecule has 0 spiro atoms. The van der Waals surface area contributed by atoms with Gasteiger partial charge in [-0.3, -0.25) is 0 Å². The first-order valence-electron chi connectivity index (χ1n) is 13.7. The largest absolute Gasteiger partial charge is 0.348 e. The predicted octanol–water partition coefficient (Wildman–Crippen LogP) is 5.20. The lowest BCUT2D eigenvalue weighted by Gasteiger charge is -2.10. The number of hydrogen-bond donors (Lipinski definition) is 4. The molecule has 0 amide bonds. The molecule has 3 aromatic carbocycles. The van der Waals surface area contributed by atoms with Gasteiger partial charge in [-0.1, -0.05) is 18.2 Å². The summed E-state index contributed by atoms with van der Waals surface area (Å²) in [5.74, 6) is 0. The minimum absolute atomic E-state index is 0.806. The fraction of sp³-hybridized carbons (Fsp3) is 0.188. The highest BCUT2D eigenvalue weighted by atomic mass is 14.9. The Bertz CT molecular complexity index is 1910. The van der Waals surface area contributed by atoms with Gasteiger partial charge in [-0.2, -0.15) is 0 Å². The maximum atomic E-state index is 5.10. The molecule has 0 unspecified atom stereocenters. The zero-order valence-electron chi connectivity index (χ0n) is 22.1. The summed E-state index contributed by atoms with van der Waals surface area (Å²) in [7, 11) is 0. The van der Waals surface area contributed by atoms with Crippen LogP contribution in [0.25, 0.3) is 43.6 Å². The highest BCUT2D eigenvalue weighted by Gasteiger charge is 2.09. The molecule has 0 aliphatic rings. The van der Waals surface area contributed by atoms with Crippen molar-refractivity contribution in [1.82, 2.24) is 40.5 Å². The Labute approximate surface area is 231 Å². The van der Waals surface area contributed by atoms with Gasteiger partial charge in [-0.25, -0.2) is 19.9 Å². The van der Waals surface area contributed by atoms with E-state index in [9.17, 15) is 0 Å². The number of aromatic amines is 2. The van der Waals surface area contributed by atoms with E-state index in [0.717, 1.165) is 94.0 Å². The van der Waals surface area contributed by atoms with Crippen molar-refractivity contribution in [1.29, 1.82) is 0 Å². The number of aromatic nitrogens is 6. The number of fused-ring (bicyclic) bond motifs is 5. The van der Waals surface area contributed by atoms with Crippen molar-refractivity contribution < 1.29 is 0 Å². The Kier molecular flexibility index (Phi) is 6.61. The lowest BCUT2D eigenvalue weighted by molar-refractivity contribution is 0.682. The Hall–Kier alpha value is -4.66. The zero-order valence-corrected chi connectivity index (χ0v) is 22.1. The van der Waals surface area contributed by atoms with Gasteiger partial charge in [0.25, 0.3) is 0 Å². The summed E-state index contributed by atoms with van der Waals surface area (Å²) >= 11 is 0. The fourth-order valence-electron chi connectivity index (χ4n) is 5.29. The van der Waals surface area contributed by atoms with Crippen molar-refractivity contribution >= 4 is 43.6 Å². The lowest BCUT2D eigenvalue weighted by atomic mass is 10.0. The van der Waals surface area contributed by atoms with Crippen LogP contribution in [0.15, 0.2) is 85.7 Å². The van der Waals surface area contributed by atoms with Gasteiger partial charge in [0.05, 0.1) is 34.7 Å². The summed E-state index contributed by atoms with van der Waals surface area (Å²) in [6.45, 7) is 3.41.